The molecule has 0 spiro atoms. The predicted molar refractivity (Wildman–Crippen MR) is 78.3 cm³/mol. The van der Waals surface area contributed by atoms with Crippen molar-refractivity contribution in [2.45, 2.75) is 13.0 Å². The monoisotopic (exact) mass is 288 g/mol. The highest BCUT2D eigenvalue weighted by molar-refractivity contribution is 7.13. The largest absolute Gasteiger partial charge is 0.312 e. The molecule has 0 aliphatic heterocycles. The highest BCUT2D eigenvalue weighted by Gasteiger charge is 2.08. The van der Waals surface area contributed by atoms with Crippen molar-refractivity contribution in [3.05, 3.63) is 41.4 Å². The molecular weight excluding hydrogens is 272 g/mol. The fourth-order valence-electron chi connectivity index (χ4n) is 2.00. The predicted octanol–water partition coefficient (Wildman–Crippen LogP) is 1.60. The Bertz CT molecular complexity index is 654. The topological polar surface area (TPSA) is 71.4 Å². The quantitative estimate of drug-likeness (QED) is 0.676. The zero-order valence-corrected chi connectivity index (χ0v) is 12.0. The number of nitrogens with zero attached hydrogens (tertiary/aromatic N) is 4. The van der Waals surface area contributed by atoms with Gasteiger partial charge in [0.1, 0.15) is 6.33 Å². The van der Waals surface area contributed by atoms with Gasteiger partial charge in [-0.1, -0.05) is 6.07 Å². The van der Waals surface area contributed by atoms with Crippen molar-refractivity contribution in [1.82, 2.24) is 30.3 Å². The maximum Gasteiger partial charge on any atom is 0.151 e. The summed E-state index contributed by atoms with van der Waals surface area (Å²) in [6.07, 6.45) is 4.43. The Hall–Kier alpha value is -1.99. The third-order valence-corrected chi connectivity index (χ3v) is 3.86. The van der Waals surface area contributed by atoms with E-state index in [2.05, 4.69) is 37.0 Å². The zero-order chi connectivity index (χ0) is 13.8. The first-order chi connectivity index (χ1) is 9.83. The Balaban J connectivity index is 1.53. The van der Waals surface area contributed by atoms with Gasteiger partial charge in [-0.05, 0) is 11.4 Å². The summed E-state index contributed by atoms with van der Waals surface area (Å²) in [5.41, 5.74) is 2.28. The molecule has 3 aromatic rings. The fraction of sp³-hybridized carbons (Fsp3) is 0.308. The molecule has 0 bridgehead atoms. The number of hydrogen-bond donors (Lipinski definition) is 2. The lowest BCUT2D eigenvalue weighted by molar-refractivity contribution is 0.662. The molecule has 0 amide bonds. The molecular formula is C13H16N6S. The molecule has 0 aliphatic rings. The molecule has 0 aliphatic carbocycles. The van der Waals surface area contributed by atoms with Gasteiger partial charge in [0.15, 0.2) is 5.82 Å². The normalized spacial score (nSPS) is 11.1. The van der Waals surface area contributed by atoms with Crippen molar-refractivity contribution < 1.29 is 0 Å². The van der Waals surface area contributed by atoms with Crippen LogP contribution in [0.2, 0.25) is 0 Å². The van der Waals surface area contributed by atoms with Crippen molar-refractivity contribution >= 4 is 11.3 Å². The van der Waals surface area contributed by atoms with E-state index in [9.17, 15) is 0 Å². The highest BCUT2D eigenvalue weighted by Crippen LogP contribution is 2.25. The van der Waals surface area contributed by atoms with E-state index in [4.69, 9.17) is 0 Å². The molecule has 0 saturated carbocycles. The summed E-state index contributed by atoms with van der Waals surface area (Å²) < 4.78 is 1.72. The number of nitrogens with one attached hydrogen (secondary N) is 2. The first-order valence-electron chi connectivity index (χ1n) is 6.44. The third kappa shape index (κ3) is 2.94. The molecule has 0 atom stereocenters. The molecule has 2 N–H and O–H groups in total. The van der Waals surface area contributed by atoms with E-state index in [0.717, 1.165) is 31.0 Å². The summed E-state index contributed by atoms with van der Waals surface area (Å²) in [6.45, 7) is 1.63. The van der Waals surface area contributed by atoms with Gasteiger partial charge in [0.05, 0.1) is 16.8 Å². The Morgan fingerprint density at radius 3 is 3.15 bits per heavy atom. The van der Waals surface area contributed by atoms with Crippen molar-refractivity contribution in [2.24, 2.45) is 7.05 Å². The van der Waals surface area contributed by atoms with Crippen molar-refractivity contribution in [1.29, 1.82) is 0 Å². The molecule has 0 unspecified atom stereocenters. The smallest absolute Gasteiger partial charge is 0.151 e. The summed E-state index contributed by atoms with van der Waals surface area (Å²) in [6, 6.07) is 4.14. The number of rotatable bonds is 6. The number of hydrogen-bond acceptors (Lipinski definition) is 5. The molecule has 0 radical (unpaired) electrons. The molecule has 3 rings (SSSR count). The van der Waals surface area contributed by atoms with Crippen molar-refractivity contribution in [2.75, 3.05) is 6.54 Å². The second-order valence-electron chi connectivity index (χ2n) is 4.51. The molecule has 0 aromatic carbocycles. The fourth-order valence-corrected chi connectivity index (χ4v) is 2.76. The minimum absolute atomic E-state index is 0.788. The highest BCUT2D eigenvalue weighted by atomic mass is 32.1. The number of aromatic nitrogens is 5. The Morgan fingerprint density at radius 2 is 2.40 bits per heavy atom. The van der Waals surface area contributed by atoms with E-state index in [1.807, 2.05) is 19.3 Å². The van der Waals surface area contributed by atoms with E-state index < -0.39 is 0 Å². The van der Waals surface area contributed by atoms with Crippen LogP contribution in [0.25, 0.3) is 10.6 Å². The Kier molecular flexibility index (Phi) is 3.89. The Morgan fingerprint density at radius 1 is 1.45 bits per heavy atom. The molecule has 104 valence electrons. The molecule has 20 heavy (non-hydrogen) atoms. The van der Waals surface area contributed by atoms with Crippen LogP contribution >= 0.6 is 11.3 Å². The zero-order valence-electron chi connectivity index (χ0n) is 11.2. The van der Waals surface area contributed by atoms with Crippen LogP contribution in [0.5, 0.6) is 0 Å². The average molecular weight is 288 g/mol. The Labute approximate surface area is 120 Å². The maximum atomic E-state index is 4.25. The van der Waals surface area contributed by atoms with E-state index in [0.29, 0.717) is 0 Å². The van der Waals surface area contributed by atoms with Crippen LogP contribution in [0.4, 0.5) is 0 Å². The lowest BCUT2D eigenvalue weighted by Gasteiger charge is -2.03. The van der Waals surface area contributed by atoms with Gasteiger partial charge in [0.2, 0.25) is 0 Å². The van der Waals surface area contributed by atoms with Crippen LogP contribution in [0.3, 0.4) is 0 Å². The van der Waals surface area contributed by atoms with Crippen LogP contribution in [0.1, 0.15) is 11.4 Å². The van der Waals surface area contributed by atoms with E-state index >= 15 is 0 Å². The number of aromatic amines is 1. The lowest BCUT2D eigenvalue weighted by atomic mass is 10.2. The van der Waals surface area contributed by atoms with Gasteiger partial charge in [-0.3, -0.25) is 9.78 Å². The molecule has 0 saturated heterocycles. The van der Waals surface area contributed by atoms with Gasteiger partial charge in [-0.2, -0.15) is 10.2 Å². The third-order valence-electron chi connectivity index (χ3n) is 2.97. The molecule has 6 nitrogen and oxygen atoms in total. The molecule has 3 aromatic heterocycles. The van der Waals surface area contributed by atoms with Crippen LogP contribution in [-0.4, -0.2) is 31.5 Å². The molecule has 0 fully saturated rings. The first kappa shape index (κ1) is 13.0. The first-order valence-corrected chi connectivity index (χ1v) is 7.32. The minimum atomic E-state index is 0.788. The summed E-state index contributed by atoms with van der Waals surface area (Å²) >= 11 is 1.71. The second kappa shape index (κ2) is 5.98. The number of H-pyrrole nitrogens is 1. The summed E-state index contributed by atoms with van der Waals surface area (Å²) in [4.78, 5) is 5.42. The molecule has 3 heterocycles. The van der Waals surface area contributed by atoms with Gasteiger partial charge in [0, 0.05) is 32.1 Å². The van der Waals surface area contributed by atoms with Gasteiger partial charge < -0.3 is 5.32 Å². The van der Waals surface area contributed by atoms with E-state index in [1.54, 1.807) is 22.3 Å². The van der Waals surface area contributed by atoms with Gasteiger partial charge >= 0.3 is 0 Å². The van der Waals surface area contributed by atoms with Gasteiger partial charge in [0.25, 0.3) is 0 Å². The maximum absolute atomic E-state index is 4.25. The second-order valence-corrected chi connectivity index (χ2v) is 5.46. The number of aryl methyl sites for hydroxylation is 1. The van der Waals surface area contributed by atoms with Gasteiger partial charge in [-0.15, -0.1) is 11.3 Å². The average Bonchev–Trinajstić information content (AvgIpc) is 3.16. The van der Waals surface area contributed by atoms with Gasteiger partial charge in [-0.25, -0.2) is 4.98 Å². The van der Waals surface area contributed by atoms with E-state index in [-0.39, 0.29) is 0 Å². The summed E-state index contributed by atoms with van der Waals surface area (Å²) in [5.74, 6) is 0.866. The van der Waals surface area contributed by atoms with E-state index in [1.165, 1.54) is 10.4 Å². The van der Waals surface area contributed by atoms with Crippen LogP contribution in [-0.2, 0) is 20.0 Å². The number of thiophene rings is 1. The summed E-state index contributed by atoms with van der Waals surface area (Å²) in [7, 11) is 1.88. The minimum Gasteiger partial charge on any atom is -0.312 e. The van der Waals surface area contributed by atoms with Crippen LogP contribution < -0.4 is 5.32 Å². The van der Waals surface area contributed by atoms with Crippen LogP contribution in [0, 0.1) is 0 Å². The van der Waals surface area contributed by atoms with Crippen molar-refractivity contribution in [3.8, 4) is 10.6 Å². The lowest BCUT2D eigenvalue weighted by Crippen LogP contribution is -2.17. The summed E-state index contributed by atoms with van der Waals surface area (Å²) in [5, 5.41) is 16.9. The SMILES string of the molecule is Cn1cnc(CCNCc2cn[nH]c2-c2cccs2)n1. The molecule has 7 heteroatoms. The van der Waals surface area contributed by atoms with Crippen LogP contribution in [0.15, 0.2) is 30.0 Å². The standard InChI is InChI=1S/C13H16N6S/c1-19-9-15-12(18-19)4-5-14-7-10-8-16-17-13(10)11-3-2-6-20-11/h2-3,6,8-9,14H,4-5,7H2,1H3,(H,16,17). The van der Waals surface area contributed by atoms with Crippen molar-refractivity contribution in [3.63, 3.8) is 0 Å².